The van der Waals surface area contributed by atoms with Gasteiger partial charge in [-0.25, -0.2) is 0 Å². The molecule has 0 bridgehead atoms. The molecule has 1 aromatic carbocycles. The van der Waals surface area contributed by atoms with Gasteiger partial charge in [0.2, 0.25) is 5.95 Å². The molecule has 1 N–H and O–H groups in total. The van der Waals surface area contributed by atoms with Crippen LogP contribution in [-0.2, 0) is 0 Å². The molecule has 1 heterocycles. The third kappa shape index (κ3) is 2.91. The van der Waals surface area contributed by atoms with Crippen molar-refractivity contribution in [2.24, 2.45) is 0 Å². The maximum Gasteiger partial charge on any atom is 0.230 e. The second-order valence-corrected chi connectivity index (χ2v) is 4.77. The molecule has 0 aliphatic heterocycles. The summed E-state index contributed by atoms with van der Waals surface area (Å²) in [6.07, 6.45) is 0. The van der Waals surface area contributed by atoms with Crippen LogP contribution < -0.4 is 5.32 Å². The van der Waals surface area contributed by atoms with E-state index < -0.39 is 0 Å². The number of nitrogens with one attached hydrogen (secondary N) is 1. The lowest BCUT2D eigenvalue weighted by Gasteiger charge is -2.06. The summed E-state index contributed by atoms with van der Waals surface area (Å²) >= 11 is 14.9. The summed E-state index contributed by atoms with van der Waals surface area (Å²) in [6.45, 7) is 0. The number of hydrogen-bond donors (Lipinski definition) is 1. The van der Waals surface area contributed by atoms with Crippen LogP contribution in [0.1, 0.15) is 5.56 Å². The standard InChI is InChI=1S/C11H5BrCl2N4/c12-8-9(13)17-11(18-10(8)14)16-7-3-1-6(5-15)2-4-7/h1-4H,(H,16,17,18)/i8+1,9+1,10+1. The Bertz CT molecular complexity index is 599. The van der Waals surface area contributed by atoms with E-state index in [9.17, 15) is 0 Å². The first-order valence-electron chi connectivity index (χ1n) is 4.76. The van der Waals surface area contributed by atoms with Gasteiger partial charge in [-0.05, 0) is 40.2 Å². The van der Waals surface area contributed by atoms with Crippen LogP contribution in [0.3, 0.4) is 0 Å². The van der Waals surface area contributed by atoms with E-state index in [0.717, 1.165) is 5.69 Å². The Morgan fingerprint density at radius 2 is 1.67 bits per heavy atom. The molecule has 0 aliphatic carbocycles. The summed E-state index contributed by atoms with van der Waals surface area (Å²) in [5.41, 5.74) is 1.32. The molecule has 1 aromatic heterocycles. The number of benzene rings is 1. The Morgan fingerprint density at radius 1 is 1.11 bits per heavy atom. The number of aromatic nitrogens is 2. The van der Waals surface area contributed by atoms with Gasteiger partial charge < -0.3 is 5.32 Å². The van der Waals surface area contributed by atoms with Gasteiger partial charge in [-0.3, -0.25) is 0 Å². The van der Waals surface area contributed by atoms with E-state index in [0.29, 0.717) is 10.0 Å². The van der Waals surface area contributed by atoms with Crippen LogP contribution in [0.4, 0.5) is 11.6 Å². The first kappa shape index (κ1) is 13.1. The van der Waals surface area contributed by atoms with Crippen molar-refractivity contribution in [3.8, 4) is 6.07 Å². The van der Waals surface area contributed by atoms with E-state index in [1.165, 1.54) is 0 Å². The van der Waals surface area contributed by atoms with Crippen molar-refractivity contribution in [2.75, 3.05) is 5.32 Å². The Labute approximate surface area is 122 Å². The van der Waals surface area contributed by atoms with Gasteiger partial charge >= 0.3 is 0 Å². The zero-order valence-electron chi connectivity index (χ0n) is 8.78. The molecule has 7 heteroatoms. The average Bonchev–Trinajstić information content (AvgIpc) is 2.37. The van der Waals surface area contributed by atoms with Gasteiger partial charge in [0.1, 0.15) is 10.3 Å². The van der Waals surface area contributed by atoms with Crippen molar-refractivity contribution in [1.82, 2.24) is 9.97 Å². The highest BCUT2D eigenvalue weighted by atomic mass is 79.9. The van der Waals surface area contributed by atoms with Gasteiger partial charge in [-0.1, -0.05) is 23.2 Å². The molecule has 0 saturated heterocycles. The van der Waals surface area contributed by atoms with E-state index in [1.54, 1.807) is 24.3 Å². The lowest BCUT2D eigenvalue weighted by molar-refractivity contribution is 1.15. The summed E-state index contributed by atoms with van der Waals surface area (Å²) in [5, 5.41) is 12.1. The van der Waals surface area contributed by atoms with Crippen molar-refractivity contribution >= 4 is 50.8 Å². The highest BCUT2D eigenvalue weighted by Gasteiger charge is 2.08. The Balaban J connectivity index is 2.26. The van der Waals surface area contributed by atoms with Crippen molar-refractivity contribution in [1.29, 1.82) is 5.26 Å². The number of nitrogens with zero attached hydrogens (tertiary/aromatic N) is 3. The smallest absolute Gasteiger partial charge is 0.230 e. The van der Waals surface area contributed by atoms with E-state index in [2.05, 4.69) is 31.2 Å². The van der Waals surface area contributed by atoms with Crippen LogP contribution in [0.2, 0.25) is 10.3 Å². The lowest BCUT2D eigenvalue weighted by Crippen LogP contribution is -1.98. The van der Waals surface area contributed by atoms with Crippen molar-refractivity contribution < 1.29 is 0 Å². The summed E-state index contributed by atoms with van der Waals surface area (Å²) < 4.78 is 0.455. The first-order chi connectivity index (χ1) is 8.60. The van der Waals surface area contributed by atoms with Crippen LogP contribution in [0.5, 0.6) is 0 Å². The van der Waals surface area contributed by atoms with E-state index in [-0.39, 0.29) is 16.3 Å². The van der Waals surface area contributed by atoms with Crippen LogP contribution >= 0.6 is 39.1 Å². The average molecular weight is 347 g/mol. The van der Waals surface area contributed by atoms with Gasteiger partial charge in [0.05, 0.1) is 16.1 Å². The Kier molecular flexibility index (Phi) is 4.02. The minimum atomic E-state index is 0.228. The highest BCUT2D eigenvalue weighted by molar-refractivity contribution is 9.10. The molecular formula is C11H5BrCl2N4. The SMILES string of the molecule is N#Cc1ccc(Nc2n[13c](Cl)[13c](Br)[13c](Cl)n2)cc1. The predicted octanol–water partition coefficient (Wildman–Crippen LogP) is 4.16. The van der Waals surface area contributed by atoms with Gasteiger partial charge in [0, 0.05) is 5.69 Å². The van der Waals surface area contributed by atoms with Gasteiger partial charge in [-0.2, -0.15) is 15.2 Å². The molecule has 0 atom stereocenters. The zero-order valence-corrected chi connectivity index (χ0v) is 11.9. The van der Waals surface area contributed by atoms with Crippen molar-refractivity contribution in [3.05, 3.63) is 44.6 Å². The monoisotopic (exact) mass is 345 g/mol. The number of anilines is 2. The summed E-state index contributed by atoms with van der Waals surface area (Å²) in [6, 6.07) is 8.89. The molecule has 0 saturated carbocycles. The largest absolute Gasteiger partial charge is 0.324 e. The van der Waals surface area contributed by atoms with E-state index >= 15 is 0 Å². The molecule has 0 aliphatic rings. The predicted molar refractivity (Wildman–Crippen MR) is 74.2 cm³/mol. The minimum absolute atomic E-state index is 0.228. The minimum Gasteiger partial charge on any atom is -0.324 e. The second kappa shape index (κ2) is 5.53. The fourth-order valence-corrected chi connectivity index (χ4v) is 1.77. The van der Waals surface area contributed by atoms with Crippen molar-refractivity contribution in [3.63, 3.8) is 0 Å². The third-order valence-corrected chi connectivity index (χ3v) is 3.80. The molecule has 0 radical (unpaired) electrons. The Morgan fingerprint density at radius 3 is 2.17 bits per heavy atom. The van der Waals surface area contributed by atoms with Gasteiger partial charge in [-0.15, -0.1) is 0 Å². The zero-order chi connectivity index (χ0) is 13.1. The van der Waals surface area contributed by atoms with Crippen LogP contribution in [0.15, 0.2) is 28.7 Å². The fraction of sp³-hybridized carbons (Fsp3) is 0. The topological polar surface area (TPSA) is 61.6 Å². The number of rotatable bonds is 2. The third-order valence-electron chi connectivity index (χ3n) is 2.04. The van der Waals surface area contributed by atoms with Crippen LogP contribution in [0.25, 0.3) is 0 Å². The Hall–Kier alpha value is -1.35. The molecule has 18 heavy (non-hydrogen) atoms. The molecule has 90 valence electrons. The molecule has 2 rings (SSSR count). The molecule has 0 unspecified atom stereocenters. The first-order valence-corrected chi connectivity index (χ1v) is 6.31. The van der Waals surface area contributed by atoms with Crippen LogP contribution in [0, 0.1) is 11.3 Å². The molecule has 0 fully saturated rings. The maximum atomic E-state index is 8.69. The highest BCUT2D eigenvalue weighted by Crippen LogP contribution is 2.28. The quantitative estimate of drug-likeness (QED) is 0.829. The maximum absolute atomic E-state index is 8.69. The number of hydrogen-bond acceptors (Lipinski definition) is 4. The van der Waals surface area contributed by atoms with Crippen molar-refractivity contribution in [2.45, 2.75) is 0 Å². The molecule has 0 spiro atoms. The second-order valence-electron chi connectivity index (χ2n) is 3.26. The summed E-state index contributed by atoms with van der Waals surface area (Å²) in [7, 11) is 0. The van der Waals surface area contributed by atoms with E-state index in [4.69, 9.17) is 28.5 Å². The van der Waals surface area contributed by atoms with E-state index in [1.807, 2.05) is 6.07 Å². The normalized spacial score (nSPS) is 9.89. The molecular weight excluding hydrogens is 342 g/mol. The summed E-state index contributed by atoms with van der Waals surface area (Å²) in [4.78, 5) is 8.04. The summed E-state index contributed by atoms with van der Waals surface area (Å²) in [5.74, 6) is 0.290. The van der Waals surface area contributed by atoms with Gasteiger partial charge in [0.15, 0.2) is 0 Å². The lowest BCUT2D eigenvalue weighted by atomic mass is 10.2. The fourth-order valence-electron chi connectivity index (χ4n) is 1.21. The van der Waals surface area contributed by atoms with Crippen LogP contribution in [-0.4, -0.2) is 9.97 Å². The van der Waals surface area contributed by atoms with Gasteiger partial charge in [0.25, 0.3) is 0 Å². The molecule has 0 amide bonds. The number of nitriles is 1. The number of halogens is 3. The molecule has 4 nitrogen and oxygen atoms in total. The molecule has 2 aromatic rings.